The van der Waals surface area contributed by atoms with Gasteiger partial charge in [-0.2, -0.15) is 0 Å². The van der Waals surface area contributed by atoms with E-state index in [0.29, 0.717) is 23.9 Å². The predicted octanol–water partition coefficient (Wildman–Crippen LogP) is 2.50. The molecule has 0 saturated carbocycles. The topological polar surface area (TPSA) is 91.6 Å². The largest absolute Gasteiger partial charge is 0.323 e. The van der Waals surface area contributed by atoms with Crippen LogP contribution in [0.15, 0.2) is 29.6 Å². The minimum Gasteiger partial charge on any atom is -0.322 e. The third kappa shape index (κ3) is 3.69. The molecule has 0 aliphatic carbocycles. The lowest BCUT2D eigenvalue weighted by molar-refractivity contribution is -0.384. The lowest BCUT2D eigenvalue weighted by Crippen LogP contribution is -2.48. The summed E-state index contributed by atoms with van der Waals surface area (Å²) in [6.45, 7) is 3.12. The van der Waals surface area contributed by atoms with Gasteiger partial charge >= 0.3 is 6.03 Å². The van der Waals surface area contributed by atoms with Crippen LogP contribution in [-0.2, 0) is 0 Å². The molecular formula is C15H17N5O3S. The molecule has 1 aliphatic heterocycles. The Morgan fingerprint density at radius 1 is 1.25 bits per heavy atom. The van der Waals surface area contributed by atoms with Gasteiger partial charge in [0.1, 0.15) is 0 Å². The van der Waals surface area contributed by atoms with Gasteiger partial charge in [-0.05, 0) is 19.2 Å². The van der Waals surface area contributed by atoms with Crippen LogP contribution >= 0.6 is 11.3 Å². The summed E-state index contributed by atoms with van der Waals surface area (Å²) in [5, 5.41) is 15.8. The Balaban J connectivity index is 1.65. The first-order valence-electron chi connectivity index (χ1n) is 7.48. The normalized spacial score (nSPS) is 15.3. The Morgan fingerprint density at radius 3 is 2.54 bits per heavy atom. The molecule has 1 saturated heterocycles. The van der Waals surface area contributed by atoms with E-state index in [1.54, 1.807) is 17.0 Å². The molecule has 9 heteroatoms. The molecule has 126 valence electrons. The van der Waals surface area contributed by atoms with Gasteiger partial charge in [-0.1, -0.05) is 0 Å². The van der Waals surface area contributed by atoms with Gasteiger partial charge in [-0.25, -0.2) is 9.78 Å². The van der Waals surface area contributed by atoms with Crippen molar-refractivity contribution in [3.63, 3.8) is 0 Å². The molecule has 2 heterocycles. The van der Waals surface area contributed by atoms with Crippen molar-refractivity contribution in [2.24, 2.45) is 0 Å². The number of amides is 2. The van der Waals surface area contributed by atoms with E-state index in [1.165, 1.54) is 23.5 Å². The van der Waals surface area contributed by atoms with E-state index < -0.39 is 4.92 Å². The number of urea groups is 1. The maximum absolute atomic E-state index is 12.2. The van der Waals surface area contributed by atoms with Crippen molar-refractivity contribution in [1.29, 1.82) is 0 Å². The first kappa shape index (κ1) is 16.3. The maximum atomic E-state index is 12.2. The number of nitro benzene ring substituents is 1. The monoisotopic (exact) mass is 347 g/mol. The molecule has 0 bridgehead atoms. The molecule has 2 aromatic rings. The van der Waals surface area contributed by atoms with E-state index >= 15 is 0 Å². The second kappa shape index (κ2) is 6.93. The van der Waals surface area contributed by atoms with Crippen LogP contribution in [-0.4, -0.2) is 59.0 Å². The highest BCUT2D eigenvalue weighted by molar-refractivity contribution is 7.14. The molecule has 1 fully saturated rings. The average molecular weight is 347 g/mol. The predicted molar refractivity (Wildman–Crippen MR) is 92.3 cm³/mol. The molecule has 1 aromatic heterocycles. The van der Waals surface area contributed by atoms with Crippen molar-refractivity contribution in [2.45, 2.75) is 0 Å². The number of rotatable bonds is 3. The molecule has 0 unspecified atom stereocenters. The van der Waals surface area contributed by atoms with Gasteiger partial charge < -0.3 is 9.80 Å². The summed E-state index contributed by atoms with van der Waals surface area (Å²) in [6.07, 6.45) is 0. The molecule has 3 rings (SSSR count). The van der Waals surface area contributed by atoms with Gasteiger partial charge in [-0.15, -0.1) is 11.3 Å². The maximum Gasteiger partial charge on any atom is 0.323 e. The fraction of sp³-hybridized carbons (Fsp3) is 0.333. The third-order valence-electron chi connectivity index (χ3n) is 3.88. The van der Waals surface area contributed by atoms with Gasteiger partial charge in [-0.3, -0.25) is 15.4 Å². The smallest absolute Gasteiger partial charge is 0.322 e. The number of anilines is 1. The van der Waals surface area contributed by atoms with Crippen molar-refractivity contribution >= 4 is 28.2 Å². The summed E-state index contributed by atoms with van der Waals surface area (Å²) < 4.78 is 0. The Bertz CT molecular complexity index is 738. The Kier molecular flexibility index (Phi) is 4.72. The minimum absolute atomic E-state index is 0.0394. The number of thiazole rings is 1. The summed E-state index contributed by atoms with van der Waals surface area (Å²) in [7, 11) is 2.03. The molecule has 0 spiro atoms. The van der Waals surface area contributed by atoms with Crippen molar-refractivity contribution < 1.29 is 9.72 Å². The number of hydrogen-bond acceptors (Lipinski definition) is 6. The standard InChI is InChI=1S/C15H17N5O3S/c1-18-6-8-19(9-7-18)15(21)17-14-16-13(10-24-14)11-2-4-12(5-3-11)20(22)23/h2-5,10H,6-9H2,1H3,(H,16,17,21). The SMILES string of the molecule is CN1CCN(C(=O)Nc2nc(-c3ccc([N+](=O)[O-])cc3)cs2)CC1. The average Bonchev–Trinajstić information content (AvgIpc) is 3.04. The Labute approximate surface area is 142 Å². The minimum atomic E-state index is -0.438. The second-order valence-corrected chi connectivity index (χ2v) is 6.42. The lowest BCUT2D eigenvalue weighted by atomic mass is 10.1. The number of nitro groups is 1. The van der Waals surface area contributed by atoms with E-state index in [-0.39, 0.29) is 11.7 Å². The zero-order valence-corrected chi connectivity index (χ0v) is 14.0. The van der Waals surface area contributed by atoms with E-state index in [4.69, 9.17) is 0 Å². The fourth-order valence-electron chi connectivity index (χ4n) is 2.40. The number of nitrogens with one attached hydrogen (secondary N) is 1. The van der Waals surface area contributed by atoms with Crippen molar-refractivity contribution in [2.75, 3.05) is 38.5 Å². The van der Waals surface area contributed by atoms with Crippen LogP contribution in [0.25, 0.3) is 11.3 Å². The fourth-order valence-corrected chi connectivity index (χ4v) is 3.11. The van der Waals surface area contributed by atoms with Crippen molar-refractivity contribution in [1.82, 2.24) is 14.8 Å². The molecule has 2 amide bonds. The summed E-state index contributed by atoms with van der Waals surface area (Å²) in [4.78, 5) is 30.8. The highest BCUT2D eigenvalue weighted by atomic mass is 32.1. The number of carbonyl (C=O) groups excluding carboxylic acids is 1. The van der Waals surface area contributed by atoms with Crippen LogP contribution in [0, 0.1) is 10.1 Å². The van der Waals surface area contributed by atoms with Crippen LogP contribution in [0.5, 0.6) is 0 Å². The van der Waals surface area contributed by atoms with Crippen LogP contribution in [0.1, 0.15) is 0 Å². The first-order chi connectivity index (χ1) is 11.5. The summed E-state index contributed by atoms with van der Waals surface area (Å²) in [5.74, 6) is 0. The van der Waals surface area contributed by atoms with E-state index in [9.17, 15) is 14.9 Å². The molecule has 1 N–H and O–H groups in total. The van der Waals surface area contributed by atoms with E-state index in [2.05, 4.69) is 15.2 Å². The van der Waals surface area contributed by atoms with E-state index in [1.807, 2.05) is 12.4 Å². The van der Waals surface area contributed by atoms with Crippen LogP contribution in [0.4, 0.5) is 15.6 Å². The van der Waals surface area contributed by atoms with Gasteiger partial charge in [0.05, 0.1) is 10.6 Å². The highest BCUT2D eigenvalue weighted by Gasteiger charge is 2.20. The Hall–Kier alpha value is -2.52. The molecule has 8 nitrogen and oxygen atoms in total. The molecule has 0 radical (unpaired) electrons. The summed E-state index contributed by atoms with van der Waals surface area (Å²) in [5.41, 5.74) is 1.50. The lowest BCUT2D eigenvalue weighted by Gasteiger charge is -2.32. The molecule has 1 aliphatic rings. The number of piperazine rings is 1. The number of carbonyl (C=O) groups is 1. The zero-order valence-electron chi connectivity index (χ0n) is 13.1. The van der Waals surface area contributed by atoms with Crippen LogP contribution in [0.2, 0.25) is 0 Å². The number of likely N-dealkylation sites (N-methyl/N-ethyl adjacent to an activating group) is 1. The number of hydrogen-bond donors (Lipinski definition) is 1. The number of benzene rings is 1. The van der Waals surface area contributed by atoms with Gasteiger partial charge in [0.2, 0.25) is 0 Å². The van der Waals surface area contributed by atoms with Gasteiger partial charge in [0.25, 0.3) is 5.69 Å². The van der Waals surface area contributed by atoms with Crippen molar-refractivity contribution in [3.8, 4) is 11.3 Å². The second-order valence-electron chi connectivity index (χ2n) is 5.56. The van der Waals surface area contributed by atoms with Crippen LogP contribution in [0.3, 0.4) is 0 Å². The first-order valence-corrected chi connectivity index (χ1v) is 8.36. The van der Waals surface area contributed by atoms with Crippen molar-refractivity contribution in [3.05, 3.63) is 39.8 Å². The Morgan fingerprint density at radius 2 is 1.92 bits per heavy atom. The van der Waals surface area contributed by atoms with Crippen LogP contribution < -0.4 is 5.32 Å². The molecule has 0 atom stereocenters. The van der Waals surface area contributed by atoms with E-state index in [0.717, 1.165) is 18.7 Å². The van der Waals surface area contributed by atoms with Gasteiger partial charge in [0.15, 0.2) is 5.13 Å². The highest BCUT2D eigenvalue weighted by Crippen LogP contribution is 2.26. The quantitative estimate of drug-likeness (QED) is 0.680. The molecule has 1 aromatic carbocycles. The van der Waals surface area contributed by atoms with Gasteiger partial charge in [0, 0.05) is 49.3 Å². The third-order valence-corrected chi connectivity index (χ3v) is 4.64. The number of non-ortho nitro benzene ring substituents is 1. The zero-order chi connectivity index (χ0) is 17.1. The summed E-state index contributed by atoms with van der Waals surface area (Å²) >= 11 is 1.33. The number of nitrogens with zero attached hydrogens (tertiary/aromatic N) is 4. The molecule has 24 heavy (non-hydrogen) atoms. The number of aromatic nitrogens is 1. The summed E-state index contributed by atoms with van der Waals surface area (Å²) in [6, 6.07) is 6.04. The molecular weight excluding hydrogens is 330 g/mol.